The van der Waals surface area contributed by atoms with Crippen LogP contribution in [0.15, 0.2) is 28.7 Å². The van der Waals surface area contributed by atoms with Gasteiger partial charge in [0.05, 0.1) is 5.60 Å². The van der Waals surface area contributed by atoms with E-state index in [-0.39, 0.29) is 11.6 Å². The molecule has 2 aromatic rings. The van der Waals surface area contributed by atoms with Crippen LogP contribution in [0.3, 0.4) is 0 Å². The number of fused-ring (bicyclic) bond motifs is 1. The minimum absolute atomic E-state index is 0.171. The quantitative estimate of drug-likeness (QED) is 0.626. The number of methoxy groups -OCH3 is 1. The largest absolute Gasteiger partial charge is 0.459 e. The van der Waals surface area contributed by atoms with E-state index in [0.29, 0.717) is 0 Å². The maximum atomic E-state index is 5.97. The summed E-state index contributed by atoms with van der Waals surface area (Å²) in [5, 5.41) is 1.09. The van der Waals surface area contributed by atoms with Gasteiger partial charge in [-0.1, -0.05) is 25.5 Å². The zero-order valence-corrected chi connectivity index (χ0v) is 12.7. The lowest BCUT2D eigenvalue weighted by molar-refractivity contribution is -0.0533. The van der Waals surface area contributed by atoms with Gasteiger partial charge in [-0.05, 0) is 38.0 Å². The SMILES string of the molecule is CCC(CC)(OC)C(NN)c1cc2cc(C)ccc2o1. The van der Waals surface area contributed by atoms with E-state index in [2.05, 4.69) is 32.3 Å². The zero-order valence-electron chi connectivity index (χ0n) is 12.7. The fourth-order valence-electron chi connectivity index (χ4n) is 2.88. The molecule has 4 nitrogen and oxygen atoms in total. The molecule has 2 rings (SSSR count). The lowest BCUT2D eigenvalue weighted by Crippen LogP contribution is -2.47. The molecule has 0 aliphatic rings. The van der Waals surface area contributed by atoms with Crippen LogP contribution in [-0.4, -0.2) is 12.7 Å². The second kappa shape index (κ2) is 5.95. The van der Waals surface area contributed by atoms with Crippen LogP contribution in [0, 0.1) is 6.92 Å². The Labute approximate surface area is 120 Å². The number of aryl methyl sites for hydroxylation is 1. The van der Waals surface area contributed by atoms with Crippen LogP contribution in [0.2, 0.25) is 0 Å². The third-order valence-corrected chi connectivity index (χ3v) is 4.27. The minimum atomic E-state index is -0.363. The van der Waals surface area contributed by atoms with Crippen molar-refractivity contribution >= 4 is 11.0 Å². The Kier molecular flexibility index (Phi) is 4.48. The molecular weight excluding hydrogens is 252 g/mol. The molecule has 20 heavy (non-hydrogen) atoms. The lowest BCUT2D eigenvalue weighted by Gasteiger charge is -2.36. The highest BCUT2D eigenvalue weighted by atomic mass is 16.5. The second-order valence-corrected chi connectivity index (χ2v) is 5.27. The highest BCUT2D eigenvalue weighted by Gasteiger charge is 2.38. The van der Waals surface area contributed by atoms with Crippen molar-refractivity contribution in [3.05, 3.63) is 35.6 Å². The van der Waals surface area contributed by atoms with E-state index >= 15 is 0 Å². The first kappa shape index (κ1) is 15.0. The van der Waals surface area contributed by atoms with E-state index in [1.54, 1.807) is 7.11 Å². The van der Waals surface area contributed by atoms with E-state index < -0.39 is 0 Å². The number of rotatable bonds is 6. The summed E-state index contributed by atoms with van der Waals surface area (Å²) in [6.07, 6.45) is 1.70. The van der Waals surface area contributed by atoms with Crippen molar-refractivity contribution in [2.45, 2.75) is 45.3 Å². The number of nitrogens with two attached hydrogens (primary N) is 1. The average Bonchev–Trinajstić information content (AvgIpc) is 2.87. The third-order valence-electron chi connectivity index (χ3n) is 4.27. The molecule has 1 aromatic carbocycles. The summed E-state index contributed by atoms with van der Waals surface area (Å²) in [5.74, 6) is 6.60. The molecule has 0 saturated heterocycles. The van der Waals surface area contributed by atoms with Crippen molar-refractivity contribution in [2.75, 3.05) is 7.11 Å². The molecule has 0 radical (unpaired) electrons. The number of ether oxygens (including phenoxy) is 1. The first-order chi connectivity index (χ1) is 9.60. The van der Waals surface area contributed by atoms with Gasteiger partial charge < -0.3 is 9.15 Å². The molecule has 0 fully saturated rings. The highest BCUT2D eigenvalue weighted by Crippen LogP contribution is 2.36. The summed E-state index contributed by atoms with van der Waals surface area (Å²) in [6.45, 7) is 6.27. The zero-order chi connectivity index (χ0) is 14.8. The van der Waals surface area contributed by atoms with E-state index in [9.17, 15) is 0 Å². The van der Waals surface area contributed by atoms with Crippen LogP contribution in [0.25, 0.3) is 11.0 Å². The fraction of sp³-hybridized carbons (Fsp3) is 0.500. The van der Waals surface area contributed by atoms with Gasteiger partial charge in [0.25, 0.3) is 0 Å². The van der Waals surface area contributed by atoms with Crippen molar-refractivity contribution in [3.63, 3.8) is 0 Å². The van der Waals surface area contributed by atoms with Gasteiger partial charge in [-0.3, -0.25) is 5.84 Å². The van der Waals surface area contributed by atoms with E-state index in [1.165, 1.54) is 5.56 Å². The number of hydrogen-bond acceptors (Lipinski definition) is 4. The predicted octanol–water partition coefficient (Wildman–Crippen LogP) is 3.45. The Hall–Kier alpha value is -1.36. The first-order valence-electron chi connectivity index (χ1n) is 7.11. The number of furan rings is 1. The lowest BCUT2D eigenvalue weighted by atomic mass is 9.87. The number of hydrogen-bond donors (Lipinski definition) is 2. The van der Waals surface area contributed by atoms with E-state index in [0.717, 1.165) is 29.6 Å². The Morgan fingerprint density at radius 2 is 2.00 bits per heavy atom. The summed E-state index contributed by atoms with van der Waals surface area (Å²) in [7, 11) is 1.73. The van der Waals surface area contributed by atoms with Crippen molar-refractivity contribution in [1.29, 1.82) is 0 Å². The third kappa shape index (κ3) is 2.46. The van der Waals surface area contributed by atoms with Crippen LogP contribution in [0.5, 0.6) is 0 Å². The first-order valence-corrected chi connectivity index (χ1v) is 7.11. The van der Waals surface area contributed by atoms with Gasteiger partial charge in [-0.2, -0.15) is 0 Å². The molecule has 1 aromatic heterocycles. The van der Waals surface area contributed by atoms with Gasteiger partial charge in [0.1, 0.15) is 17.4 Å². The van der Waals surface area contributed by atoms with Gasteiger partial charge in [-0.15, -0.1) is 0 Å². The highest BCUT2D eigenvalue weighted by molar-refractivity contribution is 5.78. The van der Waals surface area contributed by atoms with E-state index in [4.69, 9.17) is 15.0 Å². The summed E-state index contributed by atoms with van der Waals surface area (Å²) >= 11 is 0. The molecule has 0 aliphatic heterocycles. The van der Waals surface area contributed by atoms with Crippen LogP contribution < -0.4 is 11.3 Å². The standard InChI is InChI=1S/C16H24N2O2/c1-5-16(6-2,19-4)15(18-17)14-10-12-9-11(3)7-8-13(12)20-14/h7-10,15,18H,5-6,17H2,1-4H3. The van der Waals surface area contributed by atoms with Crippen LogP contribution in [0.4, 0.5) is 0 Å². The van der Waals surface area contributed by atoms with Gasteiger partial charge in [-0.25, -0.2) is 5.43 Å². The fourth-order valence-corrected chi connectivity index (χ4v) is 2.88. The van der Waals surface area contributed by atoms with Crippen molar-refractivity contribution in [2.24, 2.45) is 5.84 Å². The van der Waals surface area contributed by atoms with Crippen LogP contribution in [-0.2, 0) is 4.74 Å². The minimum Gasteiger partial charge on any atom is -0.459 e. The molecule has 0 saturated carbocycles. The summed E-state index contributed by atoms with van der Waals surface area (Å²) in [4.78, 5) is 0. The van der Waals surface area contributed by atoms with Crippen LogP contribution in [0.1, 0.15) is 44.1 Å². The molecule has 1 heterocycles. The molecule has 0 spiro atoms. The Morgan fingerprint density at radius 3 is 2.55 bits per heavy atom. The Balaban J connectivity index is 2.48. The summed E-state index contributed by atoms with van der Waals surface area (Å²) in [6, 6.07) is 8.03. The smallest absolute Gasteiger partial charge is 0.134 e. The molecule has 1 unspecified atom stereocenters. The number of benzene rings is 1. The van der Waals surface area contributed by atoms with Crippen molar-refractivity contribution in [3.8, 4) is 0 Å². The molecule has 0 amide bonds. The Bertz CT molecular complexity index is 565. The van der Waals surface area contributed by atoms with Gasteiger partial charge >= 0.3 is 0 Å². The molecule has 3 N–H and O–H groups in total. The second-order valence-electron chi connectivity index (χ2n) is 5.27. The Morgan fingerprint density at radius 1 is 1.30 bits per heavy atom. The summed E-state index contributed by atoms with van der Waals surface area (Å²) in [5.41, 5.74) is 4.60. The molecule has 4 heteroatoms. The van der Waals surface area contributed by atoms with Crippen molar-refractivity contribution in [1.82, 2.24) is 5.43 Å². The molecule has 0 bridgehead atoms. The number of hydrazine groups is 1. The van der Waals surface area contributed by atoms with Crippen LogP contribution >= 0.6 is 0 Å². The molecular formula is C16H24N2O2. The predicted molar refractivity (Wildman–Crippen MR) is 81.3 cm³/mol. The van der Waals surface area contributed by atoms with E-state index in [1.807, 2.05) is 18.2 Å². The van der Waals surface area contributed by atoms with Crippen molar-refractivity contribution < 1.29 is 9.15 Å². The summed E-state index contributed by atoms with van der Waals surface area (Å²) < 4.78 is 11.7. The topological polar surface area (TPSA) is 60.4 Å². The van der Waals surface area contributed by atoms with Gasteiger partial charge in [0, 0.05) is 12.5 Å². The normalized spacial score (nSPS) is 13.8. The monoisotopic (exact) mass is 276 g/mol. The van der Waals surface area contributed by atoms with Gasteiger partial charge in [0.15, 0.2) is 0 Å². The average molecular weight is 276 g/mol. The maximum absolute atomic E-state index is 5.97. The molecule has 110 valence electrons. The molecule has 0 aliphatic carbocycles. The maximum Gasteiger partial charge on any atom is 0.134 e. The number of nitrogens with one attached hydrogen (secondary N) is 1. The van der Waals surface area contributed by atoms with Gasteiger partial charge in [0.2, 0.25) is 0 Å². The molecule has 1 atom stereocenters.